The summed E-state index contributed by atoms with van der Waals surface area (Å²) in [6.07, 6.45) is -0.940. The summed E-state index contributed by atoms with van der Waals surface area (Å²) in [5, 5.41) is 10.5. The third kappa shape index (κ3) is 5.71. The number of hydrogen-bond acceptors (Lipinski definition) is 4. The van der Waals surface area contributed by atoms with Crippen LogP contribution < -0.4 is 5.32 Å². The van der Waals surface area contributed by atoms with Crippen molar-refractivity contribution in [3.8, 4) is 0 Å². The first kappa shape index (κ1) is 26.0. The molecule has 2 atom stereocenters. The number of hydrogen-bond donors (Lipinski definition) is 2. The fourth-order valence-corrected chi connectivity index (χ4v) is 5.27. The molecule has 0 radical (unpaired) electrons. The normalized spacial score (nSPS) is 23.8. The largest absolute Gasteiger partial charge is 0.490 e. The molecule has 1 aromatic carbocycles. The van der Waals surface area contributed by atoms with Crippen LogP contribution in [0.2, 0.25) is 0 Å². The zero-order chi connectivity index (χ0) is 25.1. The molecule has 3 heterocycles. The van der Waals surface area contributed by atoms with E-state index in [1.54, 1.807) is 0 Å². The van der Waals surface area contributed by atoms with Gasteiger partial charge in [-0.3, -0.25) is 9.59 Å². The Hall–Kier alpha value is -2.62. The summed E-state index contributed by atoms with van der Waals surface area (Å²) in [5.41, 5.74) is 1.77. The van der Waals surface area contributed by atoms with Gasteiger partial charge in [0, 0.05) is 43.2 Å². The SMILES string of the molecule is CCCCN1C[C@H]2C(=O)NC3(CCN(C(=O)c4cccc(C)c4)CC3)[C@H]2C1.O=C(O)C(F)(F)F. The van der Waals surface area contributed by atoms with Crippen molar-refractivity contribution in [2.24, 2.45) is 11.8 Å². The summed E-state index contributed by atoms with van der Waals surface area (Å²) < 4.78 is 31.7. The highest BCUT2D eigenvalue weighted by Crippen LogP contribution is 2.44. The fourth-order valence-electron chi connectivity index (χ4n) is 5.27. The molecular weight excluding hydrogens is 451 g/mol. The molecule has 0 saturated carbocycles. The predicted octanol–water partition coefficient (Wildman–Crippen LogP) is 3.08. The van der Waals surface area contributed by atoms with Crippen LogP contribution in [0.25, 0.3) is 0 Å². The zero-order valence-corrected chi connectivity index (χ0v) is 19.5. The minimum absolute atomic E-state index is 0.105. The first-order valence-electron chi connectivity index (χ1n) is 11.7. The van der Waals surface area contributed by atoms with Gasteiger partial charge < -0.3 is 20.2 Å². The van der Waals surface area contributed by atoms with Crippen LogP contribution in [0.1, 0.15) is 48.5 Å². The Morgan fingerprint density at radius 3 is 2.41 bits per heavy atom. The van der Waals surface area contributed by atoms with E-state index in [0.29, 0.717) is 5.92 Å². The molecule has 1 spiro atoms. The topological polar surface area (TPSA) is 90.0 Å². The maximum atomic E-state index is 12.8. The van der Waals surface area contributed by atoms with Gasteiger partial charge in [0.1, 0.15) is 0 Å². The van der Waals surface area contributed by atoms with Crippen molar-refractivity contribution in [3.63, 3.8) is 0 Å². The van der Waals surface area contributed by atoms with E-state index < -0.39 is 12.1 Å². The fraction of sp³-hybridized carbons (Fsp3) is 0.625. The average molecular weight is 484 g/mol. The number of benzene rings is 1. The van der Waals surface area contributed by atoms with E-state index in [1.807, 2.05) is 36.1 Å². The van der Waals surface area contributed by atoms with E-state index in [-0.39, 0.29) is 23.3 Å². The highest BCUT2D eigenvalue weighted by Gasteiger charge is 2.57. The Labute approximate surface area is 197 Å². The Balaban J connectivity index is 0.000000406. The molecule has 0 aromatic heterocycles. The molecule has 2 amide bonds. The minimum Gasteiger partial charge on any atom is -0.475 e. The van der Waals surface area contributed by atoms with Crippen molar-refractivity contribution in [2.75, 3.05) is 32.7 Å². The quantitative estimate of drug-likeness (QED) is 0.687. The van der Waals surface area contributed by atoms with E-state index in [0.717, 1.165) is 56.7 Å². The standard InChI is InChI=1S/C22H31N3O2.C2HF3O2/c1-3-4-10-24-14-18-19(15-24)22(23-20(18)26)8-11-25(12-9-22)21(27)17-7-5-6-16(2)13-17;3-2(4,5)1(6)7/h5-7,13,18-19H,3-4,8-12,14-15H2,1-2H3,(H,23,26);(H,6,7)/t18-,19+;/m1./s1. The molecule has 3 aliphatic heterocycles. The van der Waals surface area contributed by atoms with Gasteiger partial charge in [0.15, 0.2) is 0 Å². The molecular formula is C24H32F3N3O4. The van der Waals surface area contributed by atoms with Crippen LogP contribution in [0.3, 0.4) is 0 Å². The van der Waals surface area contributed by atoms with Crippen LogP contribution in [-0.2, 0) is 9.59 Å². The molecule has 0 aliphatic carbocycles. The van der Waals surface area contributed by atoms with Crippen LogP contribution >= 0.6 is 0 Å². The Morgan fingerprint density at radius 1 is 1.21 bits per heavy atom. The molecule has 3 saturated heterocycles. The number of aryl methyl sites for hydroxylation is 1. The maximum Gasteiger partial charge on any atom is 0.490 e. The Kier molecular flexibility index (Phi) is 7.90. The lowest BCUT2D eigenvalue weighted by atomic mass is 9.75. The van der Waals surface area contributed by atoms with Crippen LogP contribution in [0.4, 0.5) is 13.2 Å². The van der Waals surface area contributed by atoms with Gasteiger partial charge in [0.25, 0.3) is 5.91 Å². The number of likely N-dealkylation sites (tertiary alicyclic amines) is 2. The summed E-state index contributed by atoms with van der Waals surface area (Å²) in [7, 11) is 0. The van der Waals surface area contributed by atoms with Gasteiger partial charge >= 0.3 is 12.1 Å². The molecule has 188 valence electrons. The van der Waals surface area contributed by atoms with Crippen LogP contribution in [0.5, 0.6) is 0 Å². The van der Waals surface area contributed by atoms with Crippen LogP contribution in [-0.4, -0.2) is 77.1 Å². The highest BCUT2D eigenvalue weighted by atomic mass is 19.4. The van der Waals surface area contributed by atoms with Crippen molar-refractivity contribution in [1.29, 1.82) is 0 Å². The lowest BCUT2D eigenvalue weighted by molar-refractivity contribution is -0.192. The zero-order valence-electron chi connectivity index (χ0n) is 19.5. The number of carboxylic acids is 1. The van der Waals surface area contributed by atoms with Crippen molar-refractivity contribution < 1.29 is 32.7 Å². The molecule has 4 rings (SSSR count). The molecule has 2 N–H and O–H groups in total. The first-order valence-corrected chi connectivity index (χ1v) is 11.7. The molecule has 0 bridgehead atoms. The number of nitrogens with zero attached hydrogens (tertiary/aromatic N) is 2. The first-order chi connectivity index (χ1) is 16.0. The summed E-state index contributed by atoms with van der Waals surface area (Å²) >= 11 is 0. The van der Waals surface area contributed by atoms with E-state index in [2.05, 4.69) is 17.1 Å². The van der Waals surface area contributed by atoms with Gasteiger partial charge in [0.2, 0.25) is 5.91 Å². The van der Waals surface area contributed by atoms with Gasteiger partial charge in [-0.1, -0.05) is 31.0 Å². The van der Waals surface area contributed by atoms with E-state index in [4.69, 9.17) is 9.90 Å². The molecule has 7 nitrogen and oxygen atoms in total. The molecule has 34 heavy (non-hydrogen) atoms. The molecule has 3 aliphatic rings. The number of aliphatic carboxylic acids is 1. The number of halogens is 3. The van der Waals surface area contributed by atoms with E-state index >= 15 is 0 Å². The van der Waals surface area contributed by atoms with Crippen molar-refractivity contribution >= 4 is 17.8 Å². The molecule has 0 unspecified atom stereocenters. The van der Waals surface area contributed by atoms with Crippen molar-refractivity contribution in [1.82, 2.24) is 15.1 Å². The lowest BCUT2D eigenvalue weighted by Crippen LogP contribution is -2.56. The number of amides is 2. The number of piperidine rings is 1. The van der Waals surface area contributed by atoms with Crippen molar-refractivity contribution in [2.45, 2.75) is 51.2 Å². The summed E-state index contributed by atoms with van der Waals surface area (Å²) in [6.45, 7) is 8.72. The van der Waals surface area contributed by atoms with E-state index in [1.165, 1.54) is 12.8 Å². The number of alkyl halides is 3. The minimum atomic E-state index is -5.08. The van der Waals surface area contributed by atoms with Gasteiger partial charge in [-0.2, -0.15) is 13.2 Å². The molecule has 10 heteroatoms. The second-order valence-electron chi connectivity index (χ2n) is 9.44. The second kappa shape index (κ2) is 10.3. The maximum absolute atomic E-state index is 12.8. The third-order valence-electron chi connectivity index (χ3n) is 7.09. The van der Waals surface area contributed by atoms with Gasteiger partial charge in [0.05, 0.1) is 5.92 Å². The van der Waals surface area contributed by atoms with Crippen LogP contribution in [0.15, 0.2) is 24.3 Å². The number of carbonyl (C=O) groups excluding carboxylic acids is 2. The number of carboxylic acid groups (broad SMARTS) is 1. The van der Waals surface area contributed by atoms with Gasteiger partial charge in [-0.15, -0.1) is 0 Å². The number of carbonyl (C=O) groups is 3. The Morgan fingerprint density at radius 2 is 1.85 bits per heavy atom. The molecule has 3 fully saturated rings. The van der Waals surface area contributed by atoms with Crippen LogP contribution in [0, 0.1) is 18.8 Å². The summed E-state index contributed by atoms with van der Waals surface area (Å²) in [6, 6.07) is 7.82. The number of nitrogens with one attached hydrogen (secondary N) is 1. The molecule has 1 aromatic rings. The smallest absolute Gasteiger partial charge is 0.475 e. The predicted molar refractivity (Wildman–Crippen MR) is 119 cm³/mol. The van der Waals surface area contributed by atoms with Crippen molar-refractivity contribution in [3.05, 3.63) is 35.4 Å². The highest BCUT2D eigenvalue weighted by molar-refractivity contribution is 5.94. The lowest BCUT2D eigenvalue weighted by Gasteiger charge is -2.42. The summed E-state index contributed by atoms with van der Waals surface area (Å²) in [4.78, 5) is 38.8. The van der Waals surface area contributed by atoms with Gasteiger partial charge in [-0.05, 0) is 44.9 Å². The number of unbranched alkanes of at least 4 members (excludes halogenated alkanes) is 1. The van der Waals surface area contributed by atoms with Gasteiger partial charge in [-0.25, -0.2) is 4.79 Å². The third-order valence-corrected chi connectivity index (χ3v) is 7.09. The monoisotopic (exact) mass is 483 g/mol. The second-order valence-corrected chi connectivity index (χ2v) is 9.44. The Bertz CT molecular complexity index is 913. The van der Waals surface area contributed by atoms with E-state index in [9.17, 15) is 22.8 Å². The number of rotatable bonds is 4. The number of fused-ring (bicyclic) bond motifs is 2. The summed E-state index contributed by atoms with van der Waals surface area (Å²) in [5.74, 6) is -1.87. The average Bonchev–Trinajstić information content (AvgIpc) is 3.32.